The molecule has 0 aromatic heterocycles. The molecule has 21 heavy (non-hydrogen) atoms. The van der Waals surface area contributed by atoms with Crippen LogP contribution in [0.2, 0.25) is 5.02 Å². The van der Waals surface area contributed by atoms with Gasteiger partial charge in [0.05, 0.1) is 12.1 Å². The number of hydrogen-bond donors (Lipinski definition) is 2. The summed E-state index contributed by atoms with van der Waals surface area (Å²) in [6, 6.07) is 7.12. The fraction of sp³-hybridized carbons (Fsp3) is 0.231. The monoisotopic (exact) mass is 325 g/mol. The molecule has 1 atom stereocenters. The van der Waals surface area contributed by atoms with Crippen molar-refractivity contribution in [3.8, 4) is 0 Å². The van der Waals surface area contributed by atoms with Crippen molar-refractivity contribution >= 4 is 46.1 Å². The number of nitrogens with zero attached hydrogens (tertiary/aromatic N) is 2. The second-order valence-corrected chi connectivity index (χ2v) is 5.92. The molecule has 0 aliphatic carbocycles. The van der Waals surface area contributed by atoms with E-state index in [2.05, 4.69) is 15.5 Å². The van der Waals surface area contributed by atoms with Crippen LogP contribution in [-0.2, 0) is 9.59 Å². The van der Waals surface area contributed by atoms with Crippen molar-refractivity contribution in [2.75, 3.05) is 0 Å². The summed E-state index contributed by atoms with van der Waals surface area (Å²) < 4.78 is 0. The molecule has 1 fully saturated rings. The maximum absolute atomic E-state index is 11.5. The Hall–Kier alpha value is -1.86. The topological polar surface area (TPSA) is 91.1 Å². The maximum Gasteiger partial charge on any atom is 0.305 e. The summed E-state index contributed by atoms with van der Waals surface area (Å²) >= 11 is 6.87. The molecule has 1 saturated heterocycles. The number of carboxylic acid groups (broad SMARTS) is 1. The number of amidine groups is 1. The van der Waals surface area contributed by atoms with Gasteiger partial charge < -0.3 is 10.4 Å². The summed E-state index contributed by atoms with van der Waals surface area (Å²) in [4.78, 5) is 22.1. The van der Waals surface area contributed by atoms with Crippen LogP contribution in [0.25, 0.3) is 0 Å². The van der Waals surface area contributed by atoms with Gasteiger partial charge in [-0.25, -0.2) is 0 Å². The smallest absolute Gasteiger partial charge is 0.305 e. The average Bonchev–Trinajstić information content (AvgIpc) is 2.77. The molecule has 0 spiro atoms. The van der Waals surface area contributed by atoms with Crippen LogP contribution in [0.15, 0.2) is 34.5 Å². The molecule has 2 rings (SSSR count). The highest BCUT2D eigenvalue weighted by Crippen LogP contribution is 2.22. The Balaban J connectivity index is 2.07. The van der Waals surface area contributed by atoms with E-state index < -0.39 is 11.2 Å². The lowest BCUT2D eigenvalue weighted by Gasteiger charge is -1.99. The summed E-state index contributed by atoms with van der Waals surface area (Å²) in [5.41, 5.74) is 1.52. The molecule has 8 heteroatoms. The Morgan fingerprint density at radius 3 is 2.71 bits per heavy atom. The van der Waals surface area contributed by atoms with Gasteiger partial charge in [0.25, 0.3) is 0 Å². The zero-order valence-electron chi connectivity index (χ0n) is 11.0. The minimum absolute atomic E-state index is 0.241. The van der Waals surface area contributed by atoms with Gasteiger partial charge in [-0.3, -0.25) is 9.59 Å². The standard InChI is InChI=1S/C13H12ClN3O3S/c1-7(8-2-4-9(14)5-3-8)16-17-13-15-12(20)10(21-13)6-11(18)19/h2-5,10H,6H2,1H3,(H,18,19)(H,15,17,20)/b16-7-. The van der Waals surface area contributed by atoms with E-state index in [1.165, 1.54) is 0 Å². The minimum Gasteiger partial charge on any atom is -0.481 e. The Morgan fingerprint density at radius 1 is 1.43 bits per heavy atom. The molecular weight excluding hydrogens is 314 g/mol. The number of benzene rings is 1. The van der Waals surface area contributed by atoms with E-state index in [9.17, 15) is 9.59 Å². The number of rotatable bonds is 4. The number of carbonyl (C=O) groups is 2. The third-order valence-corrected chi connectivity index (χ3v) is 4.01. The van der Waals surface area contributed by atoms with Crippen LogP contribution in [-0.4, -0.2) is 33.1 Å². The minimum atomic E-state index is -1.02. The molecule has 110 valence electrons. The molecule has 6 nitrogen and oxygen atoms in total. The van der Waals surface area contributed by atoms with Crippen LogP contribution < -0.4 is 5.32 Å². The predicted octanol–water partition coefficient (Wildman–Crippen LogP) is 2.13. The number of thioether (sulfide) groups is 1. The normalized spacial score (nSPS) is 20.7. The van der Waals surface area contributed by atoms with Gasteiger partial charge in [-0.15, -0.1) is 5.10 Å². The fourth-order valence-electron chi connectivity index (χ4n) is 1.61. The van der Waals surface area contributed by atoms with E-state index >= 15 is 0 Å². The molecule has 1 heterocycles. The van der Waals surface area contributed by atoms with E-state index in [0.29, 0.717) is 15.9 Å². The summed E-state index contributed by atoms with van der Waals surface area (Å²) in [5, 5.41) is 19.5. The van der Waals surface area contributed by atoms with Crippen molar-refractivity contribution in [3.05, 3.63) is 34.9 Å². The van der Waals surface area contributed by atoms with Crippen molar-refractivity contribution in [1.82, 2.24) is 5.32 Å². The molecule has 1 aliphatic heterocycles. The van der Waals surface area contributed by atoms with Gasteiger partial charge in [0.2, 0.25) is 5.91 Å². The second kappa shape index (κ2) is 6.73. The number of nitrogens with one attached hydrogen (secondary N) is 1. The van der Waals surface area contributed by atoms with Crippen LogP contribution in [0, 0.1) is 0 Å². The predicted molar refractivity (Wildman–Crippen MR) is 82.9 cm³/mol. The van der Waals surface area contributed by atoms with E-state index in [-0.39, 0.29) is 12.3 Å². The Kier molecular flexibility index (Phi) is 4.98. The number of amides is 1. The maximum atomic E-state index is 11.5. The van der Waals surface area contributed by atoms with E-state index in [1.54, 1.807) is 19.1 Å². The molecule has 2 N–H and O–H groups in total. The first-order chi connectivity index (χ1) is 9.95. The Bertz CT molecular complexity index is 628. The van der Waals surface area contributed by atoms with Crippen LogP contribution in [0.3, 0.4) is 0 Å². The van der Waals surface area contributed by atoms with E-state index in [4.69, 9.17) is 16.7 Å². The van der Waals surface area contributed by atoms with Gasteiger partial charge in [-0.1, -0.05) is 35.5 Å². The zero-order valence-corrected chi connectivity index (χ0v) is 12.6. The zero-order chi connectivity index (χ0) is 15.4. The summed E-state index contributed by atoms with van der Waals surface area (Å²) in [6.45, 7) is 1.78. The Labute approximate surface area is 130 Å². The first kappa shape index (κ1) is 15.5. The molecule has 1 aliphatic rings. The van der Waals surface area contributed by atoms with Crippen LogP contribution in [0.4, 0.5) is 0 Å². The SMILES string of the molecule is C/C(=N/N=C1\NC(=O)C(CC(=O)O)S1)c1ccc(Cl)cc1. The van der Waals surface area contributed by atoms with Crippen LogP contribution in [0.5, 0.6) is 0 Å². The van der Waals surface area contributed by atoms with Gasteiger partial charge >= 0.3 is 5.97 Å². The molecule has 1 aromatic rings. The van der Waals surface area contributed by atoms with Crippen molar-refractivity contribution in [3.63, 3.8) is 0 Å². The average molecular weight is 326 g/mol. The quantitative estimate of drug-likeness (QED) is 0.655. The van der Waals surface area contributed by atoms with E-state index in [0.717, 1.165) is 17.3 Å². The molecule has 1 unspecified atom stereocenters. The molecule has 0 saturated carbocycles. The number of carboxylic acids is 1. The highest BCUT2D eigenvalue weighted by atomic mass is 35.5. The van der Waals surface area contributed by atoms with Crippen LogP contribution >= 0.6 is 23.4 Å². The third-order valence-electron chi connectivity index (χ3n) is 2.69. The van der Waals surface area contributed by atoms with Crippen molar-refractivity contribution in [2.45, 2.75) is 18.6 Å². The van der Waals surface area contributed by atoms with Gasteiger partial charge in [0.15, 0.2) is 5.17 Å². The fourth-order valence-corrected chi connectivity index (χ4v) is 2.65. The molecule has 0 radical (unpaired) electrons. The van der Waals surface area contributed by atoms with Crippen molar-refractivity contribution < 1.29 is 14.7 Å². The first-order valence-electron chi connectivity index (χ1n) is 6.03. The lowest BCUT2D eigenvalue weighted by atomic mass is 10.1. The van der Waals surface area contributed by atoms with Crippen LogP contribution in [0.1, 0.15) is 18.9 Å². The lowest BCUT2D eigenvalue weighted by molar-refractivity contribution is -0.138. The molecule has 1 aromatic carbocycles. The number of hydrogen-bond acceptors (Lipinski definition) is 5. The van der Waals surface area contributed by atoms with Gasteiger partial charge in [0, 0.05) is 5.02 Å². The molecular formula is C13H12ClN3O3S. The number of carbonyl (C=O) groups excluding carboxylic acids is 1. The van der Waals surface area contributed by atoms with Gasteiger partial charge in [-0.2, -0.15) is 5.10 Å². The van der Waals surface area contributed by atoms with E-state index in [1.807, 2.05) is 12.1 Å². The highest BCUT2D eigenvalue weighted by molar-refractivity contribution is 8.15. The lowest BCUT2D eigenvalue weighted by Crippen LogP contribution is -2.26. The largest absolute Gasteiger partial charge is 0.481 e. The van der Waals surface area contributed by atoms with Gasteiger partial charge in [0.1, 0.15) is 5.25 Å². The summed E-state index contributed by atoms with van der Waals surface area (Å²) in [7, 11) is 0. The summed E-state index contributed by atoms with van der Waals surface area (Å²) in [6.07, 6.45) is -0.241. The number of halogens is 1. The van der Waals surface area contributed by atoms with Crippen molar-refractivity contribution in [2.24, 2.45) is 10.2 Å². The third kappa shape index (κ3) is 4.30. The Morgan fingerprint density at radius 2 is 2.10 bits per heavy atom. The molecule has 0 bridgehead atoms. The second-order valence-electron chi connectivity index (χ2n) is 4.29. The summed E-state index contributed by atoms with van der Waals surface area (Å²) in [5.74, 6) is -1.38. The van der Waals surface area contributed by atoms with Gasteiger partial charge in [-0.05, 0) is 24.6 Å². The first-order valence-corrected chi connectivity index (χ1v) is 7.29. The highest BCUT2D eigenvalue weighted by Gasteiger charge is 2.32. The number of aliphatic carboxylic acids is 1. The molecule has 1 amide bonds. The van der Waals surface area contributed by atoms with Crippen molar-refractivity contribution in [1.29, 1.82) is 0 Å².